The zero-order valence-electron chi connectivity index (χ0n) is 15.3. The zero-order chi connectivity index (χ0) is 18.1. The molecule has 0 atom stereocenters. The average molecular weight is 355 g/mol. The molecule has 1 N–H and O–H groups in total. The molecule has 6 nitrogen and oxygen atoms in total. The Kier molecular flexibility index (Phi) is 4.57. The third-order valence-electron chi connectivity index (χ3n) is 5.08. The molecule has 2 aliphatic rings. The minimum atomic E-state index is -0.146. The van der Waals surface area contributed by atoms with Crippen LogP contribution in [-0.4, -0.2) is 36.5 Å². The molecule has 4 rings (SSSR count). The van der Waals surface area contributed by atoms with Crippen molar-refractivity contribution in [1.29, 1.82) is 0 Å². The van der Waals surface area contributed by atoms with Crippen LogP contribution in [0.25, 0.3) is 0 Å². The van der Waals surface area contributed by atoms with Crippen LogP contribution in [0.3, 0.4) is 0 Å². The van der Waals surface area contributed by atoms with Gasteiger partial charge in [0, 0.05) is 30.1 Å². The van der Waals surface area contributed by atoms with Crippen molar-refractivity contribution in [2.75, 3.05) is 20.8 Å². The molecular formula is C20H25N3O3. The quantitative estimate of drug-likeness (QED) is 0.790. The average Bonchev–Trinajstić information content (AvgIpc) is 3.59. The number of aromatic nitrogens is 2. The van der Waals surface area contributed by atoms with Crippen LogP contribution in [0.15, 0.2) is 24.3 Å². The molecule has 0 unspecified atom stereocenters. The maximum absolute atomic E-state index is 12.5. The number of nitrogens with one attached hydrogen (secondary N) is 1. The molecule has 2 fully saturated rings. The monoisotopic (exact) mass is 355 g/mol. The van der Waals surface area contributed by atoms with Crippen molar-refractivity contribution in [1.82, 2.24) is 15.1 Å². The molecule has 0 saturated heterocycles. The summed E-state index contributed by atoms with van der Waals surface area (Å²) >= 11 is 0. The molecule has 0 radical (unpaired) electrons. The van der Waals surface area contributed by atoms with Gasteiger partial charge in [-0.05, 0) is 43.9 Å². The van der Waals surface area contributed by atoms with Crippen molar-refractivity contribution in [3.8, 4) is 11.5 Å². The fourth-order valence-corrected chi connectivity index (χ4v) is 3.27. The van der Waals surface area contributed by atoms with Gasteiger partial charge >= 0.3 is 0 Å². The summed E-state index contributed by atoms with van der Waals surface area (Å²) in [5, 5.41) is 7.76. The summed E-state index contributed by atoms with van der Waals surface area (Å²) in [5.41, 5.74) is 3.08. The Morgan fingerprint density at radius 1 is 1.15 bits per heavy atom. The molecule has 2 aromatic rings. The number of methoxy groups -OCH3 is 2. The Bertz CT molecular complexity index is 807. The highest BCUT2D eigenvalue weighted by Gasteiger charge is 2.32. The topological polar surface area (TPSA) is 65.4 Å². The second-order valence-electron chi connectivity index (χ2n) is 7.09. The highest BCUT2D eigenvalue weighted by Crippen LogP contribution is 2.44. The molecule has 0 bridgehead atoms. The van der Waals surface area contributed by atoms with E-state index in [9.17, 15) is 4.79 Å². The largest absolute Gasteiger partial charge is 0.497 e. The van der Waals surface area contributed by atoms with Crippen molar-refractivity contribution in [2.45, 2.75) is 44.1 Å². The zero-order valence-corrected chi connectivity index (χ0v) is 15.3. The van der Waals surface area contributed by atoms with Gasteiger partial charge in [-0.25, -0.2) is 0 Å². The lowest BCUT2D eigenvalue weighted by Gasteiger charge is -2.11. The van der Waals surface area contributed by atoms with Crippen LogP contribution in [-0.2, 0) is 6.54 Å². The van der Waals surface area contributed by atoms with E-state index in [-0.39, 0.29) is 5.91 Å². The van der Waals surface area contributed by atoms with Crippen LogP contribution in [0.1, 0.15) is 59.3 Å². The Morgan fingerprint density at radius 3 is 2.58 bits per heavy atom. The summed E-state index contributed by atoms with van der Waals surface area (Å²) in [7, 11) is 3.14. The summed E-state index contributed by atoms with van der Waals surface area (Å²) in [4.78, 5) is 12.5. The summed E-state index contributed by atoms with van der Waals surface area (Å²) in [5.74, 6) is 2.35. The number of ether oxygens (including phenoxy) is 2. The van der Waals surface area contributed by atoms with E-state index in [4.69, 9.17) is 14.6 Å². The van der Waals surface area contributed by atoms with E-state index in [1.54, 1.807) is 32.4 Å². The first kappa shape index (κ1) is 16.9. The van der Waals surface area contributed by atoms with Crippen molar-refractivity contribution in [2.24, 2.45) is 0 Å². The Hall–Kier alpha value is -2.50. The van der Waals surface area contributed by atoms with Crippen LogP contribution in [0.5, 0.6) is 11.5 Å². The predicted molar refractivity (Wildman–Crippen MR) is 98.1 cm³/mol. The minimum absolute atomic E-state index is 0.146. The molecule has 1 amide bonds. The highest BCUT2D eigenvalue weighted by molar-refractivity contribution is 5.97. The Labute approximate surface area is 153 Å². The number of rotatable bonds is 8. The number of nitrogens with zero attached hydrogens (tertiary/aromatic N) is 2. The maximum atomic E-state index is 12.5. The van der Waals surface area contributed by atoms with Gasteiger partial charge in [-0.15, -0.1) is 0 Å². The SMILES string of the molecule is COc1ccc(C(=O)NCCn2nc(C3CC3)cc2C2CC2)c(OC)c1. The smallest absolute Gasteiger partial charge is 0.255 e. The fraction of sp³-hybridized carbons (Fsp3) is 0.500. The lowest BCUT2D eigenvalue weighted by molar-refractivity contribution is 0.0948. The third kappa shape index (κ3) is 3.54. The number of benzene rings is 1. The van der Waals surface area contributed by atoms with E-state index < -0.39 is 0 Å². The van der Waals surface area contributed by atoms with Crippen molar-refractivity contribution in [3.05, 3.63) is 41.2 Å². The highest BCUT2D eigenvalue weighted by atomic mass is 16.5. The van der Waals surface area contributed by atoms with Crippen LogP contribution < -0.4 is 14.8 Å². The first-order valence-electron chi connectivity index (χ1n) is 9.27. The lowest BCUT2D eigenvalue weighted by atomic mass is 10.1. The molecule has 0 aliphatic heterocycles. The number of amides is 1. The number of carbonyl (C=O) groups excluding carboxylic acids is 1. The molecule has 2 saturated carbocycles. The standard InChI is InChI=1S/C20H25N3O3/c1-25-15-7-8-16(19(11-15)26-2)20(24)21-9-10-23-18(14-5-6-14)12-17(22-23)13-3-4-13/h7-8,11-14H,3-6,9-10H2,1-2H3,(H,21,24). The first-order valence-corrected chi connectivity index (χ1v) is 9.27. The summed E-state index contributed by atoms with van der Waals surface area (Å²) in [6, 6.07) is 7.49. The molecule has 6 heteroatoms. The van der Waals surface area contributed by atoms with Crippen molar-refractivity contribution in [3.63, 3.8) is 0 Å². The van der Waals surface area contributed by atoms with Gasteiger partial charge in [-0.1, -0.05) is 0 Å². The second-order valence-corrected chi connectivity index (χ2v) is 7.09. The molecule has 2 aliphatic carbocycles. The second kappa shape index (κ2) is 7.02. The van der Waals surface area contributed by atoms with E-state index in [1.807, 2.05) is 0 Å². The normalized spacial score (nSPS) is 16.4. The van der Waals surface area contributed by atoms with Gasteiger partial charge in [0.05, 0.1) is 32.0 Å². The molecule has 138 valence electrons. The number of carbonyl (C=O) groups is 1. The molecule has 1 aromatic carbocycles. The van der Waals surface area contributed by atoms with Gasteiger partial charge in [-0.3, -0.25) is 9.48 Å². The van der Waals surface area contributed by atoms with Gasteiger partial charge in [0.15, 0.2) is 0 Å². The van der Waals surface area contributed by atoms with Gasteiger partial charge in [0.2, 0.25) is 0 Å². The summed E-state index contributed by atoms with van der Waals surface area (Å²) < 4.78 is 12.6. The van der Waals surface area contributed by atoms with E-state index in [2.05, 4.69) is 16.1 Å². The Balaban J connectivity index is 1.39. The minimum Gasteiger partial charge on any atom is -0.497 e. The van der Waals surface area contributed by atoms with Crippen LogP contribution in [0.4, 0.5) is 0 Å². The maximum Gasteiger partial charge on any atom is 0.255 e. The van der Waals surface area contributed by atoms with Gasteiger partial charge in [0.1, 0.15) is 11.5 Å². The molecule has 0 spiro atoms. The van der Waals surface area contributed by atoms with Crippen LogP contribution in [0.2, 0.25) is 0 Å². The van der Waals surface area contributed by atoms with Gasteiger partial charge < -0.3 is 14.8 Å². The molecule has 1 aromatic heterocycles. The molecular weight excluding hydrogens is 330 g/mol. The fourth-order valence-electron chi connectivity index (χ4n) is 3.27. The van der Waals surface area contributed by atoms with E-state index in [1.165, 1.54) is 37.1 Å². The van der Waals surface area contributed by atoms with Crippen molar-refractivity contribution < 1.29 is 14.3 Å². The van der Waals surface area contributed by atoms with E-state index in [0.717, 1.165) is 0 Å². The number of hydrogen-bond acceptors (Lipinski definition) is 4. The van der Waals surface area contributed by atoms with Crippen LogP contribution >= 0.6 is 0 Å². The predicted octanol–water partition coefficient (Wildman–Crippen LogP) is 3.09. The summed E-state index contributed by atoms with van der Waals surface area (Å²) in [6.07, 6.45) is 5.03. The van der Waals surface area contributed by atoms with Gasteiger partial charge in [0.25, 0.3) is 5.91 Å². The third-order valence-corrected chi connectivity index (χ3v) is 5.08. The summed E-state index contributed by atoms with van der Waals surface area (Å²) in [6.45, 7) is 1.24. The molecule has 26 heavy (non-hydrogen) atoms. The molecule has 1 heterocycles. The number of hydrogen-bond donors (Lipinski definition) is 1. The van der Waals surface area contributed by atoms with Gasteiger partial charge in [-0.2, -0.15) is 5.10 Å². The van der Waals surface area contributed by atoms with Crippen LogP contribution in [0, 0.1) is 0 Å². The van der Waals surface area contributed by atoms with E-state index in [0.29, 0.717) is 42.0 Å². The first-order chi connectivity index (χ1) is 12.7. The van der Waals surface area contributed by atoms with Crippen molar-refractivity contribution >= 4 is 5.91 Å². The van der Waals surface area contributed by atoms with E-state index >= 15 is 0 Å². The lowest BCUT2D eigenvalue weighted by Crippen LogP contribution is -2.28. The Morgan fingerprint density at radius 2 is 1.92 bits per heavy atom.